The highest BCUT2D eigenvalue weighted by molar-refractivity contribution is 6.30. The molecule has 18 heavy (non-hydrogen) atoms. The number of rotatable bonds is 4. The molecule has 1 fully saturated rings. The topological polar surface area (TPSA) is 69.6 Å². The third-order valence-corrected chi connectivity index (χ3v) is 3.04. The van der Waals surface area contributed by atoms with Crippen LogP contribution in [0.1, 0.15) is 12.8 Å². The Labute approximate surface area is 109 Å². The minimum Gasteiger partial charge on any atom is -0.481 e. The molecule has 0 bridgehead atoms. The second-order valence-electron chi connectivity index (χ2n) is 4.17. The first kappa shape index (κ1) is 12.7. The van der Waals surface area contributed by atoms with Crippen molar-refractivity contribution in [1.82, 2.24) is 5.32 Å². The van der Waals surface area contributed by atoms with E-state index in [0.29, 0.717) is 18.0 Å². The Kier molecular flexibility index (Phi) is 3.72. The number of amides is 2. The number of aliphatic carboxylic acids is 1. The van der Waals surface area contributed by atoms with E-state index in [0.717, 1.165) is 5.69 Å². The average Bonchev–Trinajstić information content (AvgIpc) is 2.68. The molecule has 0 radical (unpaired) electrons. The van der Waals surface area contributed by atoms with Gasteiger partial charge in [0, 0.05) is 29.7 Å². The summed E-state index contributed by atoms with van der Waals surface area (Å²) in [5, 5.41) is 11.9. The lowest BCUT2D eigenvalue weighted by atomic mass is 10.1. The van der Waals surface area contributed by atoms with Crippen molar-refractivity contribution in [2.75, 3.05) is 11.4 Å². The van der Waals surface area contributed by atoms with Crippen LogP contribution in [0.4, 0.5) is 10.5 Å². The summed E-state index contributed by atoms with van der Waals surface area (Å²) in [7, 11) is 0. The van der Waals surface area contributed by atoms with E-state index in [9.17, 15) is 9.59 Å². The summed E-state index contributed by atoms with van der Waals surface area (Å²) < 4.78 is 0. The van der Waals surface area contributed by atoms with Gasteiger partial charge in [0.2, 0.25) is 0 Å². The van der Waals surface area contributed by atoms with Crippen LogP contribution in [-0.2, 0) is 4.79 Å². The SMILES string of the molecule is O=C(O)CCC1CN(c2cccc(Cl)c2)C(=O)N1. The van der Waals surface area contributed by atoms with Crippen molar-refractivity contribution in [1.29, 1.82) is 0 Å². The highest BCUT2D eigenvalue weighted by Gasteiger charge is 2.29. The number of carbonyl (C=O) groups is 2. The van der Waals surface area contributed by atoms with E-state index >= 15 is 0 Å². The monoisotopic (exact) mass is 268 g/mol. The fraction of sp³-hybridized carbons (Fsp3) is 0.333. The van der Waals surface area contributed by atoms with E-state index < -0.39 is 5.97 Å². The van der Waals surface area contributed by atoms with Crippen molar-refractivity contribution in [3.63, 3.8) is 0 Å². The lowest BCUT2D eigenvalue weighted by molar-refractivity contribution is -0.137. The molecule has 1 aliphatic heterocycles. The minimum atomic E-state index is -0.856. The fourth-order valence-corrected chi connectivity index (χ4v) is 2.11. The Balaban J connectivity index is 2.03. The van der Waals surface area contributed by atoms with Gasteiger partial charge in [-0.15, -0.1) is 0 Å². The van der Waals surface area contributed by atoms with Gasteiger partial charge in [-0.3, -0.25) is 9.69 Å². The van der Waals surface area contributed by atoms with E-state index in [-0.39, 0.29) is 18.5 Å². The van der Waals surface area contributed by atoms with Gasteiger partial charge >= 0.3 is 12.0 Å². The maximum absolute atomic E-state index is 11.8. The third kappa shape index (κ3) is 2.92. The number of anilines is 1. The molecule has 0 saturated carbocycles. The van der Waals surface area contributed by atoms with Gasteiger partial charge < -0.3 is 10.4 Å². The van der Waals surface area contributed by atoms with Gasteiger partial charge in [0.25, 0.3) is 0 Å². The van der Waals surface area contributed by atoms with E-state index in [2.05, 4.69) is 5.32 Å². The number of nitrogens with zero attached hydrogens (tertiary/aromatic N) is 1. The molecule has 2 N–H and O–H groups in total. The highest BCUT2D eigenvalue weighted by Crippen LogP contribution is 2.23. The smallest absolute Gasteiger partial charge is 0.322 e. The number of halogens is 1. The van der Waals surface area contributed by atoms with Crippen molar-refractivity contribution < 1.29 is 14.7 Å². The van der Waals surface area contributed by atoms with Gasteiger partial charge in [-0.05, 0) is 24.6 Å². The molecule has 1 aromatic carbocycles. The summed E-state index contributed by atoms with van der Waals surface area (Å²) in [5.41, 5.74) is 0.720. The summed E-state index contributed by atoms with van der Waals surface area (Å²) in [4.78, 5) is 23.8. The van der Waals surface area contributed by atoms with Crippen molar-refractivity contribution in [2.24, 2.45) is 0 Å². The van der Waals surface area contributed by atoms with Crippen LogP contribution in [0.5, 0.6) is 0 Å². The lowest BCUT2D eigenvalue weighted by Gasteiger charge is -2.14. The number of carboxylic acids is 1. The molecule has 1 saturated heterocycles. The molecule has 96 valence electrons. The molecule has 1 aromatic rings. The third-order valence-electron chi connectivity index (χ3n) is 2.80. The standard InChI is InChI=1S/C12H13ClN2O3/c13-8-2-1-3-10(6-8)15-7-9(14-12(15)18)4-5-11(16)17/h1-3,6,9H,4-5,7H2,(H,14,18)(H,16,17). The van der Waals surface area contributed by atoms with E-state index in [1.807, 2.05) is 0 Å². The van der Waals surface area contributed by atoms with Crippen LogP contribution >= 0.6 is 11.6 Å². The number of carbonyl (C=O) groups excluding carboxylic acids is 1. The molecular formula is C12H13ClN2O3. The van der Waals surface area contributed by atoms with E-state index in [1.165, 1.54) is 0 Å². The predicted octanol–water partition coefficient (Wildman–Crippen LogP) is 2.10. The molecular weight excluding hydrogens is 256 g/mol. The Morgan fingerprint density at radius 1 is 1.56 bits per heavy atom. The van der Waals surface area contributed by atoms with Crippen LogP contribution in [0.15, 0.2) is 24.3 Å². The fourth-order valence-electron chi connectivity index (χ4n) is 1.93. The molecule has 0 spiro atoms. The first-order chi connectivity index (χ1) is 8.56. The van der Waals surface area contributed by atoms with Crippen LogP contribution < -0.4 is 10.2 Å². The normalized spacial score (nSPS) is 18.8. The van der Waals surface area contributed by atoms with Gasteiger partial charge in [-0.25, -0.2) is 4.79 Å². The number of hydrogen-bond acceptors (Lipinski definition) is 2. The van der Waals surface area contributed by atoms with Crippen molar-refractivity contribution in [3.05, 3.63) is 29.3 Å². The van der Waals surface area contributed by atoms with Crippen molar-refractivity contribution >= 4 is 29.3 Å². The Morgan fingerprint density at radius 2 is 2.33 bits per heavy atom. The molecule has 0 aliphatic carbocycles. The molecule has 2 amide bonds. The van der Waals surface area contributed by atoms with Crippen LogP contribution in [-0.4, -0.2) is 29.7 Å². The average molecular weight is 269 g/mol. The van der Waals surface area contributed by atoms with Crippen molar-refractivity contribution in [3.8, 4) is 0 Å². The molecule has 1 unspecified atom stereocenters. The number of benzene rings is 1. The predicted molar refractivity (Wildman–Crippen MR) is 68.0 cm³/mol. The second kappa shape index (κ2) is 5.27. The summed E-state index contributed by atoms with van der Waals surface area (Å²) in [6.45, 7) is 0.465. The van der Waals surface area contributed by atoms with Crippen LogP contribution in [0.25, 0.3) is 0 Å². The second-order valence-corrected chi connectivity index (χ2v) is 4.61. The van der Waals surface area contributed by atoms with Crippen LogP contribution in [0.3, 0.4) is 0 Å². The largest absolute Gasteiger partial charge is 0.481 e. The molecule has 5 nitrogen and oxygen atoms in total. The van der Waals surface area contributed by atoms with E-state index in [1.54, 1.807) is 29.2 Å². The van der Waals surface area contributed by atoms with Crippen LogP contribution in [0.2, 0.25) is 5.02 Å². The van der Waals surface area contributed by atoms with E-state index in [4.69, 9.17) is 16.7 Å². The summed E-state index contributed by atoms with van der Waals surface area (Å²) in [6, 6.07) is 6.67. The van der Waals surface area contributed by atoms with Gasteiger partial charge in [0.05, 0.1) is 0 Å². The molecule has 1 atom stereocenters. The number of nitrogens with one attached hydrogen (secondary N) is 1. The van der Waals surface area contributed by atoms with Gasteiger partial charge in [0.1, 0.15) is 0 Å². The summed E-state index contributed by atoms with van der Waals surface area (Å²) in [5.74, 6) is -0.856. The van der Waals surface area contributed by atoms with Crippen molar-refractivity contribution in [2.45, 2.75) is 18.9 Å². The zero-order chi connectivity index (χ0) is 13.1. The quantitative estimate of drug-likeness (QED) is 0.879. The van der Waals surface area contributed by atoms with Gasteiger partial charge in [-0.2, -0.15) is 0 Å². The molecule has 6 heteroatoms. The first-order valence-corrected chi connectivity index (χ1v) is 5.99. The molecule has 1 aliphatic rings. The molecule has 2 rings (SSSR count). The molecule has 0 aromatic heterocycles. The Bertz CT molecular complexity index is 478. The first-order valence-electron chi connectivity index (χ1n) is 5.61. The zero-order valence-electron chi connectivity index (χ0n) is 9.60. The van der Waals surface area contributed by atoms with Crippen LogP contribution in [0, 0.1) is 0 Å². The molecule has 1 heterocycles. The lowest BCUT2D eigenvalue weighted by Crippen LogP contribution is -2.28. The Morgan fingerprint density at radius 3 is 3.00 bits per heavy atom. The number of hydrogen-bond donors (Lipinski definition) is 2. The minimum absolute atomic E-state index is 0.0499. The number of carboxylic acid groups (broad SMARTS) is 1. The summed E-state index contributed by atoms with van der Waals surface area (Å²) in [6.07, 6.45) is 0.479. The van der Waals surface area contributed by atoms with Gasteiger partial charge in [-0.1, -0.05) is 17.7 Å². The zero-order valence-corrected chi connectivity index (χ0v) is 10.4. The highest BCUT2D eigenvalue weighted by atomic mass is 35.5. The maximum Gasteiger partial charge on any atom is 0.322 e. The van der Waals surface area contributed by atoms with Gasteiger partial charge in [0.15, 0.2) is 0 Å². The summed E-state index contributed by atoms with van der Waals surface area (Å²) >= 11 is 5.87. The number of urea groups is 1. The Hall–Kier alpha value is -1.75. The maximum atomic E-state index is 11.8.